The van der Waals surface area contributed by atoms with Gasteiger partial charge in [0.2, 0.25) is 0 Å². The van der Waals surface area contributed by atoms with Crippen LogP contribution in [0.2, 0.25) is 0 Å². The number of ether oxygens (including phenoxy) is 1. The third-order valence-electron chi connectivity index (χ3n) is 3.27. The van der Waals surface area contributed by atoms with Gasteiger partial charge >= 0.3 is 29.6 Å². The molecule has 1 fully saturated rings. The Labute approximate surface area is 103 Å². The van der Waals surface area contributed by atoms with Gasteiger partial charge in [-0.15, -0.1) is 0 Å². The van der Waals surface area contributed by atoms with Gasteiger partial charge in [-0.05, 0) is 20.3 Å². The summed E-state index contributed by atoms with van der Waals surface area (Å²) in [5, 5.41) is 0. The molecule has 1 aliphatic carbocycles. The van der Waals surface area contributed by atoms with Crippen molar-refractivity contribution >= 4 is 5.97 Å². The lowest BCUT2D eigenvalue weighted by Gasteiger charge is -2.52. The first-order chi connectivity index (χ1) is 8.19. The molecule has 0 spiro atoms. The summed E-state index contributed by atoms with van der Waals surface area (Å²) in [5.74, 6) is -24.6. The Hall–Kier alpha value is -1.02. The number of hydrogen-bond donors (Lipinski definition) is 0. The summed E-state index contributed by atoms with van der Waals surface area (Å²) in [7, 11) is 0. The van der Waals surface area contributed by atoms with E-state index in [-0.39, 0.29) is 6.42 Å². The van der Waals surface area contributed by atoms with Crippen LogP contribution in [0.1, 0.15) is 27.2 Å². The van der Waals surface area contributed by atoms with Crippen LogP contribution in [0.4, 0.5) is 30.7 Å². The number of hydrogen-bond acceptors (Lipinski definition) is 2. The molecule has 0 atom stereocenters. The Morgan fingerprint density at radius 3 is 1.63 bits per heavy atom. The molecule has 0 N–H and O–H groups in total. The zero-order valence-corrected chi connectivity index (χ0v) is 10.2. The minimum absolute atomic E-state index is 0.0462. The van der Waals surface area contributed by atoms with Crippen LogP contribution >= 0.6 is 0 Å². The summed E-state index contributed by atoms with van der Waals surface area (Å²) in [5.41, 5.74) is -1.56. The molecule has 9 heteroatoms. The van der Waals surface area contributed by atoms with Gasteiger partial charge in [0.15, 0.2) is 0 Å². The Kier molecular flexibility index (Phi) is 3.17. The predicted molar refractivity (Wildman–Crippen MR) is 48.8 cm³/mol. The van der Waals surface area contributed by atoms with E-state index in [1.165, 1.54) is 6.92 Å². The smallest absolute Gasteiger partial charge is 0.391 e. The van der Waals surface area contributed by atoms with Gasteiger partial charge in [-0.25, -0.2) is 0 Å². The zero-order valence-electron chi connectivity index (χ0n) is 10.2. The van der Waals surface area contributed by atoms with Gasteiger partial charge in [-0.3, -0.25) is 4.79 Å². The van der Waals surface area contributed by atoms with Crippen molar-refractivity contribution in [3.63, 3.8) is 0 Å². The molecule has 19 heavy (non-hydrogen) atoms. The SMILES string of the molecule is CCC(C)(C)C(=O)OC1(F)C(F)(F)C(F)(F)C1(F)F. The van der Waals surface area contributed by atoms with Gasteiger partial charge in [0.05, 0.1) is 5.41 Å². The molecule has 112 valence electrons. The van der Waals surface area contributed by atoms with Gasteiger partial charge in [0, 0.05) is 0 Å². The molecule has 0 saturated heterocycles. The Balaban J connectivity index is 3.11. The van der Waals surface area contributed by atoms with Crippen LogP contribution in [0, 0.1) is 5.41 Å². The molecule has 0 aromatic heterocycles. The lowest BCUT2D eigenvalue weighted by molar-refractivity contribution is -0.524. The number of halogens is 7. The lowest BCUT2D eigenvalue weighted by atomic mass is 9.77. The molecular weight excluding hydrogens is 285 g/mol. The van der Waals surface area contributed by atoms with E-state index in [9.17, 15) is 35.5 Å². The number of alkyl halides is 7. The topological polar surface area (TPSA) is 26.3 Å². The molecule has 1 saturated carbocycles. The van der Waals surface area contributed by atoms with Crippen molar-refractivity contribution in [1.29, 1.82) is 0 Å². The fraction of sp³-hybridized carbons (Fsp3) is 0.900. The van der Waals surface area contributed by atoms with Gasteiger partial charge in [-0.1, -0.05) is 6.92 Å². The summed E-state index contributed by atoms with van der Waals surface area (Å²) < 4.78 is 93.2. The molecule has 0 radical (unpaired) electrons. The summed E-state index contributed by atoms with van der Waals surface area (Å²) in [4.78, 5) is 11.3. The van der Waals surface area contributed by atoms with Gasteiger partial charge in [0.25, 0.3) is 0 Å². The molecule has 2 nitrogen and oxygen atoms in total. The van der Waals surface area contributed by atoms with Crippen molar-refractivity contribution in [2.24, 2.45) is 5.41 Å². The molecule has 0 bridgehead atoms. The first-order valence-corrected chi connectivity index (χ1v) is 5.25. The van der Waals surface area contributed by atoms with E-state index in [4.69, 9.17) is 0 Å². The van der Waals surface area contributed by atoms with Gasteiger partial charge in [0.1, 0.15) is 0 Å². The van der Waals surface area contributed by atoms with Crippen LogP contribution in [0.5, 0.6) is 0 Å². The predicted octanol–water partition coefficient (Wildman–Crippen LogP) is 3.55. The molecule has 1 aliphatic rings. The first kappa shape index (κ1) is 16.0. The summed E-state index contributed by atoms with van der Waals surface area (Å²) in [6.07, 6.45) is -0.0462. The monoisotopic (exact) mass is 296 g/mol. The van der Waals surface area contributed by atoms with Crippen LogP contribution < -0.4 is 0 Å². The van der Waals surface area contributed by atoms with Crippen molar-refractivity contribution < 1.29 is 40.3 Å². The Morgan fingerprint density at radius 2 is 1.32 bits per heavy atom. The van der Waals surface area contributed by atoms with Crippen molar-refractivity contribution in [1.82, 2.24) is 0 Å². The maximum absolute atomic E-state index is 13.5. The van der Waals surface area contributed by atoms with Crippen molar-refractivity contribution in [3.8, 4) is 0 Å². The van der Waals surface area contributed by atoms with Gasteiger partial charge in [-0.2, -0.15) is 30.7 Å². The number of carbonyl (C=O) groups is 1. The van der Waals surface area contributed by atoms with Crippen LogP contribution in [0.3, 0.4) is 0 Å². The second-order valence-corrected chi connectivity index (χ2v) is 4.95. The molecule has 0 unspecified atom stereocenters. The second-order valence-electron chi connectivity index (χ2n) is 4.95. The molecule has 0 aliphatic heterocycles. The van der Waals surface area contributed by atoms with Gasteiger partial charge < -0.3 is 4.74 Å². The summed E-state index contributed by atoms with van der Waals surface area (Å²) >= 11 is 0. The molecule has 0 amide bonds. The quantitative estimate of drug-likeness (QED) is 0.588. The first-order valence-electron chi connectivity index (χ1n) is 5.25. The van der Waals surface area contributed by atoms with E-state index in [0.717, 1.165) is 13.8 Å². The average Bonchev–Trinajstić information content (AvgIpc) is 2.26. The largest absolute Gasteiger partial charge is 0.416 e. The molecule has 0 heterocycles. The van der Waals surface area contributed by atoms with Crippen LogP contribution in [-0.4, -0.2) is 29.6 Å². The summed E-state index contributed by atoms with van der Waals surface area (Å²) in [6, 6.07) is 0. The van der Waals surface area contributed by atoms with E-state index < -0.39 is 35.0 Å². The maximum atomic E-state index is 13.5. The normalized spacial score (nSPS) is 26.4. The molecule has 0 aromatic rings. The van der Waals surface area contributed by atoms with Crippen molar-refractivity contribution in [3.05, 3.63) is 0 Å². The fourth-order valence-electron chi connectivity index (χ4n) is 1.27. The van der Waals surface area contributed by atoms with E-state index in [0.29, 0.717) is 0 Å². The highest BCUT2D eigenvalue weighted by molar-refractivity contribution is 5.76. The third-order valence-corrected chi connectivity index (χ3v) is 3.27. The Bertz CT molecular complexity index is 385. The fourth-order valence-corrected chi connectivity index (χ4v) is 1.27. The highest BCUT2D eigenvalue weighted by atomic mass is 19.4. The molecule has 0 aromatic carbocycles. The van der Waals surface area contributed by atoms with Crippen molar-refractivity contribution in [2.45, 2.75) is 50.8 Å². The molecule has 1 rings (SSSR count). The summed E-state index contributed by atoms with van der Waals surface area (Å²) in [6.45, 7) is 3.62. The van der Waals surface area contributed by atoms with E-state index in [2.05, 4.69) is 4.74 Å². The highest BCUT2D eigenvalue weighted by Gasteiger charge is 3.03. The number of carbonyl (C=O) groups excluding carboxylic acids is 1. The minimum atomic E-state index is -5.91. The van der Waals surface area contributed by atoms with Crippen molar-refractivity contribution in [2.75, 3.05) is 0 Å². The van der Waals surface area contributed by atoms with Crippen LogP contribution in [-0.2, 0) is 9.53 Å². The number of esters is 1. The van der Waals surface area contributed by atoms with E-state index >= 15 is 0 Å². The third kappa shape index (κ3) is 1.59. The highest BCUT2D eigenvalue weighted by Crippen LogP contribution is 2.69. The van der Waals surface area contributed by atoms with Crippen LogP contribution in [0.25, 0.3) is 0 Å². The standard InChI is InChI=1S/C10H11F7O2/c1-4-6(2,3)5(18)19-10(17)8(13,14)7(11,12)9(10,15)16/h4H2,1-3H3. The minimum Gasteiger partial charge on any atom is -0.416 e. The van der Waals surface area contributed by atoms with E-state index in [1.54, 1.807) is 0 Å². The molecular formula is C10H11F7O2. The number of rotatable bonds is 3. The maximum Gasteiger partial charge on any atom is 0.391 e. The zero-order chi connectivity index (χ0) is 15.5. The average molecular weight is 296 g/mol. The van der Waals surface area contributed by atoms with E-state index in [1.807, 2.05) is 0 Å². The Morgan fingerprint density at radius 1 is 0.947 bits per heavy atom. The van der Waals surface area contributed by atoms with Crippen LogP contribution in [0.15, 0.2) is 0 Å². The second kappa shape index (κ2) is 3.76. The lowest BCUT2D eigenvalue weighted by Crippen LogP contribution is -2.85.